The monoisotopic (exact) mass is 295 g/mol. The van der Waals surface area contributed by atoms with Gasteiger partial charge < -0.3 is 14.9 Å². The summed E-state index contributed by atoms with van der Waals surface area (Å²) in [5.41, 5.74) is 2.86. The van der Waals surface area contributed by atoms with E-state index in [1.807, 2.05) is 0 Å². The number of hydrogen-bond acceptors (Lipinski definition) is 5. The molecule has 0 aromatic heterocycles. The van der Waals surface area contributed by atoms with Crippen molar-refractivity contribution in [1.29, 1.82) is 0 Å². The molecule has 0 aliphatic carbocycles. The first-order chi connectivity index (χ1) is 9.99. The predicted molar refractivity (Wildman–Crippen MR) is 76.8 cm³/mol. The highest BCUT2D eigenvalue weighted by atomic mass is 16.5. The standard InChI is InChI=1S/C15H21NO5/c1-10(9-14(18)16-20)11(2)15(19)12-3-5-13(6-4-12)21-8-7-17/h3-6,9,11,15,17,19-20H,7-8H2,1-2H3,(H,16,18)/b10-9+/t11-,15+/m1/s1. The van der Waals surface area contributed by atoms with Crippen LogP contribution >= 0.6 is 0 Å². The molecule has 21 heavy (non-hydrogen) atoms. The average molecular weight is 295 g/mol. The van der Waals surface area contributed by atoms with E-state index in [0.717, 1.165) is 0 Å². The van der Waals surface area contributed by atoms with E-state index in [1.54, 1.807) is 38.1 Å². The molecule has 0 radical (unpaired) electrons. The zero-order chi connectivity index (χ0) is 15.8. The van der Waals surface area contributed by atoms with E-state index < -0.39 is 12.0 Å². The first-order valence-corrected chi connectivity index (χ1v) is 6.63. The van der Waals surface area contributed by atoms with Crippen LogP contribution in [0.15, 0.2) is 35.9 Å². The van der Waals surface area contributed by atoms with E-state index in [-0.39, 0.29) is 19.1 Å². The zero-order valence-electron chi connectivity index (χ0n) is 12.1. The number of amides is 1. The third-order valence-corrected chi connectivity index (χ3v) is 3.24. The Bertz CT molecular complexity index is 483. The fraction of sp³-hybridized carbons (Fsp3) is 0.400. The molecule has 1 aromatic rings. The molecule has 1 aromatic carbocycles. The smallest absolute Gasteiger partial charge is 0.267 e. The van der Waals surface area contributed by atoms with Crippen molar-refractivity contribution >= 4 is 5.91 Å². The second-order valence-electron chi connectivity index (χ2n) is 4.74. The topological polar surface area (TPSA) is 99.0 Å². The molecule has 0 heterocycles. The van der Waals surface area contributed by atoms with E-state index in [9.17, 15) is 9.90 Å². The van der Waals surface area contributed by atoms with Crippen molar-refractivity contribution in [3.63, 3.8) is 0 Å². The fourth-order valence-electron chi connectivity index (χ4n) is 1.83. The van der Waals surface area contributed by atoms with Crippen LogP contribution in [0.5, 0.6) is 5.75 Å². The zero-order valence-corrected chi connectivity index (χ0v) is 12.1. The lowest BCUT2D eigenvalue weighted by atomic mass is 9.91. The van der Waals surface area contributed by atoms with Crippen molar-refractivity contribution in [1.82, 2.24) is 5.48 Å². The van der Waals surface area contributed by atoms with Gasteiger partial charge in [0.1, 0.15) is 12.4 Å². The van der Waals surface area contributed by atoms with Gasteiger partial charge in [0.25, 0.3) is 5.91 Å². The van der Waals surface area contributed by atoms with Crippen molar-refractivity contribution in [2.75, 3.05) is 13.2 Å². The maximum Gasteiger partial charge on any atom is 0.267 e. The van der Waals surface area contributed by atoms with Crippen LogP contribution in [0.1, 0.15) is 25.5 Å². The van der Waals surface area contributed by atoms with Crippen LogP contribution in [0.3, 0.4) is 0 Å². The van der Waals surface area contributed by atoms with Gasteiger partial charge in [0.05, 0.1) is 12.7 Å². The highest BCUT2D eigenvalue weighted by Gasteiger charge is 2.18. The maximum absolute atomic E-state index is 11.1. The number of carbonyl (C=O) groups excluding carboxylic acids is 1. The molecule has 6 heteroatoms. The molecule has 0 saturated heterocycles. The molecule has 0 aliphatic rings. The van der Waals surface area contributed by atoms with Gasteiger partial charge in [-0.2, -0.15) is 0 Å². The number of carbonyl (C=O) groups is 1. The summed E-state index contributed by atoms with van der Waals surface area (Å²) in [6.45, 7) is 3.66. The lowest BCUT2D eigenvalue weighted by molar-refractivity contribution is -0.124. The quantitative estimate of drug-likeness (QED) is 0.344. The molecular formula is C15H21NO5. The van der Waals surface area contributed by atoms with Gasteiger partial charge in [0.15, 0.2) is 0 Å². The van der Waals surface area contributed by atoms with E-state index in [2.05, 4.69) is 0 Å². The number of hydroxylamine groups is 1. The third-order valence-electron chi connectivity index (χ3n) is 3.24. The van der Waals surface area contributed by atoms with Crippen LogP contribution in [0.25, 0.3) is 0 Å². The molecule has 0 aliphatic heterocycles. The summed E-state index contributed by atoms with van der Waals surface area (Å²) in [5.74, 6) is -0.301. The molecule has 1 rings (SSSR count). The lowest BCUT2D eigenvalue weighted by Gasteiger charge is -2.20. The minimum atomic E-state index is -0.778. The van der Waals surface area contributed by atoms with Gasteiger partial charge in [-0.05, 0) is 24.6 Å². The van der Waals surface area contributed by atoms with Crippen LogP contribution in [0, 0.1) is 5.92 Å². The summed E-state index contributed by atoms with van der Waals surface area (Å²) in [6.07, 6.45) is 0.465. The summed E-state index contributed by atoms with van der Waals surface area (Å²) in [4.78, 5) is 11.1. The molecule has 0 bridgehead atoms. The number of benzene rings is 1. The summed E-state index contributed by atoms with van der Waals surface area (Å²) in [5, 5.41) is 27.5. The van der Waals surface area contributed by atoms with Crippen molar-refractivity contribution in [2.45, 2.75) is 20.0 Å². The predicted octanol–water partition coefficient (Wildman–Crippen LogP) is 1.18. The van der Waals surface area contributed by atoms with Gasteiger partial charge in [0.2, 0.25) is 0 Å². The largest absolute Gasteiger partial charge is 0.491 e. The second kappa shape index (κ2) is 8.41. The molecule has 116 valence electrons. The minimum Gasteiger partial charge on any atom is -0.491 e. The second-order valence-corrected chi connectivity index (χ2v) is 4.74. The normalized spacial score (nSPS) is 14.4. The Hall–Kier alpha value is -1.89. The molecule has 4 N–H and O–H groups in total. The molecule has 0 saturated carbocycles. The molecule has 0 unspecified atom stereocenters. The molecule has 0 spiro atoms. The Kier molecular flexibility index (Phi) is 6.87. The van der Waals surface area contributed by atoms with Crippen molar-refractivity contribution in [3.8, 4) is 5.75 Å². The summed E-state index contributed by atoms with van der Waals surface area (Å²) < 4.78 is 5.24. The van der Waals surface area contributed by atoms with E-state index in [1.165, 1.54) is 11.6 Å². The SMILES string of the molecule is C/C(=C\C(=O)NO)[C@@H](C)[C@H](O)c1ccc(OCCO)cc1. The van der Waals surface area contributed by atoms with Crippen LogP contribution in [-0.4, -0.2) is 34.5 Å². The van der Waals surface area contributed by atoms with Crippen molar-refractivity contribution in [3.05, 3.63) is 41.5 Å². The maximum atomic E-state index is 11.1. The van der Waals surface area contributed by atoms with Crippen LogP contribution in [0.4, 0.5) is 0 Å². The Morgan fingerprint density at radius 1 is 1.38 bits per heavy atom. The number of ether oxygens (including phenoxy) is 1. The number of nitrogens with one attached hydrogen (secondary N) is 1. The first kappa shape index (κ1) is 17.2. The van der Waals surface area contributed by atoms with Gasteiger partial charge in [-0.3, -0.25) is 10.0 Å². The Labute approximate surface area is 123 Å². The fourth-order valence-corrected chi connectivity index (χ4v) is 1.83. The number of hydrogen-bond donors (Lipinski definition) is 4. The molecule has 6 nitrogen and oxygen atoms in total. The Morgan fingerprint density at radius 2 is 2.00 bits per heavy atom. The van der Waals surface area contributed by atoms with Gasteiger partial charge in [-0.25, -0.2) is 5.48 Å². The van der Waals surface area contributed by atoms with Crippen LogP contribution in [0.2, 0.25) is 0 Å². The van der Waals surface area contributed by atoms with Crippen molar-refractivity contribution in [2.24, 2.45) is 5.92 Å². The van der Waals surface area contributed by atoms with Gasteiger partial charge in [-0.1, -0.05) is 24.6 Å². The van der Waals surface area contributed by atoms with E-state index in [0.29, 0.717) is 16.9 Å². The molecule has 2 atom stereocenters. The van der Waals surface area contributed by atoms with E-state index >= 15 is 0 Å². The van der Waals surface area contributed by atoms with E-state index in [4.69, 9.17) is 15.1 Å². The summed E-state index contributed by atoms with van der Waals surface area (Å²) in [7, 11) is 0. The number of aliphatic hydroxyl groups excluding tert-OH is 2. The van der Waals surface area contributed by atoms with Crippen LogP contribution in [-0.2, 0) is 4.79 Å². The van der Waals surface area contributed by atoms with Crippen LogP contribution < -0.4 is 10.2 Å². The molecule has 1 amide bonds. The number of aliphatic hydroxyl groups is 2. The van der Waals surface area contributed by atoms with Gasteiger partial charge >= 0.3 is 0 Å². The first-order valence-electron chi connectivity index (χ1n) is 6.63. The highest BCUT2D eigenvalue weighted by Crippen LogP contribution is 2.28. The van der Waals surface area contributed by atoms with Gasteiger partial charge in [-0.15, -0.1) is 0 Å². The third kappa shape index (κ3) is 5.18. The highest BCUT2D eigenvalue weighted by molar-refractivity contribution is 5.87. The Morgan fingerprint density at radius 3 is 2.52 bits per heavy atom. The lowest BCUT2D eigenvalue weighted by Crippen LogP contribution is -2.18. The Balaban J connectivity index is 2.75. The van der Waals surface area contributed by atoms with Crippen molar-refractivity contribution < 1.29 is 25.0 Å². The molecule has 0 fully saturated rings. The van der Waals surface area contributed by atoms with Gasteiger partial charge in [0, 0.05) is 12.0 Å². The minimum absolute atomic E-state index is 0.0572. The average Bonchev–Trinajstić information content (AvgIpc) is 2.51. The summed E-state index contributed by atoms with van der Waals surface area (Å²) in [6, 6.07) is 6.88. The number of rotatable bonds is 7. The summed E-state index contributed by atoms with van der Waals surface area (Å²) >= 11 is 0. The molecular weight excluding hydrogens is 274 g/mol.